The molecule has 1 amide bonds. The molecule has 1 aromatic rings. The Morgan fingerprint density at radius 3 is 2.62 bits per heavy atom. The summed E-state index contributed by atoms with van der Waals surface area (Å²) < 4.78 is 11.6. The largest absolute Gasteiger partial charge is 0.492 e. The van der Waals surface area contributed by atoms with E-state index in [1.807, 2.05) is 24.1 Å². The summed E-state index contributed by atoms with van der Waals surface area (Å²) in [5, 5.41) is 10.3. The molecule has 1 N–H and O–H groups in total. The second kappa shape index (κ2) is 11.5. The lowest BCUT2D eigenvalue weighted by molar-refractivity contribution is -0.128. The van der Waals surface area contributed by atoms with Crippen LogP contribution in [0.25, 0.3) is 0 Å². The zero-order chi connectivity index (χ0) is 20.5. The van der Waals surface area contributed by atoms with E-state index in [1.165, 1.54) is 24.8 Å². The molecule has 1 saturated heterocycles. The first-order valence-electron chi connectivity index (χ1n) is 11.1. The molecule has 1 atom stereocenters. The van der Waals surface area contributed by atoms with Crippen molar-refractivity contribution in [2.75, 3.05) is 39.9 Å². The molecule has 0 bridgehead atoms. The normalized spacial score (nSPS) is 19.1. The zero-order valence-electron chi connectivity index (χ0n) is 17.7. The molecule has 6 heteroatoms. The molecule has 2 fully saturated rings. The summed E-state index contributed by atoms with van der Waals surface area (Å²) >= 11 is 0. The number of aliphatic hydroxyl groups is 1. The Morgan fingerprint density at radius 1 is 1.17 bits per heavy atom. The van der Waals surface area contributed by atoms with Gasteiger partial charge in [-0.1, -0.05) is 31.4 Å². The van der Waals surface area contributed by atoms with Crippen LogP contribution in [-0.2, 0) is 16.1 Å². The zero-order valence-corrected chi connectivity index (χ0v) is 17.7. The Morgan fingerprint density at radius 2 is 1.93 bits per heavy atom. The molecule has 2 aliphatic rings. The second-order valence-corrected chi connectivity index (χ2v) is 8.42. The van der Waals surface area contributed by atoms with Crippen LogP contribution < -0.4 is 4.74 Å². The first kappa shape index (κ1) is 22.1. The summed E-state index contributed by atoms with van der Waals surface area (Å²) in [6.07, 6.45) is 7.57. The fourth-order valence-electron chi connectivity index (χ4n) is 4.17. The smallest absolute Gasteiger partial charge is 0.222 e. The van der Waals surface area contributed by atoms with Crippen LogP contribution in [0.4, 0.5) is 0 Å². The fraction of sp³-hybridized carbons (Fsp3) is 0.696. The van der Waals surface area contributed by atoms with Crippen molar-refractivity contribution in [2.45, 2.75) is 63.7 Å². The van der Waals surface area contributed by atoms with Gasteiger partial charge < -0.3 is 19.5 Å². The van der Waals surface area contributed by atoms with Crippen LogP contribution in [0, 0.1) is 0 Å². The summed E-state index contributed by atoms with van der Waals surface area (Å²) in [6, 6.07) is 8.05. The molecule has 1 heterocycles. The predicted molar refractivity (Wildman–Crippen MR) is 113 cm³/mol. The molecule has 162 valence electrons. The molecular formula is C23H36N2O4. The Balaban J connectivity index is 1.32. The third-order valence-corrected chi connectivity index (χ3v) is 5.78. The van der Waals surface area contributed by atoms with Gasteiger partial charge in [0.1, 0.15) is 12.4 Å². The van der Waals surface area contributed by atoms with Crippen LogP contribution in [0.2, 0.25) is 0 Å². The van der Waals surface area contributed by atoms with Gasteiger partial charge >= 0.3 is 0 Å². The lowest BCUT2D eigenvalue weighted by Gasteiger charge is -2.25. The molecule has 0 unspecified atom stereocenters. The van der Waals surface area contributed by atoms with Gasteiger partial charge in [0.25, 0.3) is 0 Å². The van der Waals surface area contributed by atoms with Gasteiger partial charge in [0.05, 0.1) is 25.4 Å². The first-order chi connectivity index (χ1) is 14.1. The number of hydrogen-bond donors (Lipinski definition) is 1. The highest BCUT2D eigenvalue weighted by Crippen LogP contribution is 2.20. The third kappa shape index (κ3) is 7.61. The summed E-state index contributed by atoms with van der Waals surface area (Å²) in [7, 11) is 2.02. The third-order valence-electron chi connectivity index (χ3n) is 5.78. The van der Waals surface area contributed by atoms with Gasteiger partial charge in [-0.2, -0.15) is 0 Å². The van der Waals surface area contributed by atoms with E-state index in [-0.39, 0.29) is 5.91 Å². The highest BCUT2D eigenvalue weighted by molar-refractivity contribution is 5.78. The molecule has 6 nitrogen and oxygen atoms in total. The van der Waals surface area contributed by atoms with E-state index in [0.29, 0.717) is 38.8 Å². The molecule has 0 aromatic heterocycles. The molecule has 3 rings (SSSR count). The maximum atomic E-state index is 11.6. The first-order valence-corrected chi connectivity index (χ1v) is 11.1. The number of ether oxygens (including phenoxy) is 2. The standard InChI is InChI=1S/C23H36N2O4/c1-24(17-20(26)18-29-21-6-3-2-4-7-21)16-19-9-11-22(12-10-19)28-15-14-25-13-5-8-23(25)27/h9-12,20-21,26H,2-8,13-18H2,1H3/t20-/m1/s1. The van der Waals surface area contributed by atoms with Crippen molar-refractivity contribution in [3.63, 3.8) is 0 Å². The van der Waals surface area contributed by atoms with Crippen molar-refractivity contribution >= 4 is 5.91 Å². The van der Waals surface area contributed by atoms with E-state index in [4.69, 9.17) is 9.47 Å². The van der Waals surface area contributed by atoms with Crippen LogP contribution in [0.1, 0.15) is 50.5 Å². The van der Waals surface area contributed by atoms with Crippen LogP contribution in [0.15, 0.2) is 24.3 Å². The quantitative estimate of drug-likeness (QED) is 0.615. The second-order valence-electron chi connectivity index (χ2n) is 8.42. The van der Waals surface area contributed by atoms with Crippen molar-refractivity contribution in [1.82, 2.24) is 9.80 Å². The van der Waals surface area contributed by atoms with E-state index in [1.54, 1.807) is 0 Å². The van der Waals surface area contributed by atoms with Gasteiger partial charge in [-0.3, -0.25) is 9.69 Å². The minimum absolute atomic E-state index is 0.235. The lowest BCUT2D eigenvalue weighted by atomic mass is 9.98. The monoisotopic (exact) mass is 404 g/mol. The van der Waals surface area contributed by atoms with E-state index < -0.39 is 6.10 Å². The molecule has 1 aliphatic carbocycles. The van der Waals surface area contributed by atoms with Gasteiger partial charge in [0.2, 0.25) is 5.91 Å². The van der Waals surface area contributed by atoms with Crippen molar-refractivity contribution < 1.29 is 19.4 Å². The van der Waals surface area contributed by atoms with Crippen LogP contribution in [-0.4, -0.2) is 72.9 Å². The number of likely N-dealkylation sites (N-methyl/N-ethyl adjacent to an activating group) is 1. The minimum atomic E-state index is -0.460. The van der Waals surface area contributed by atoms with Crippen molar-refractivity contribution in [1.29, 1.82) is 0 Å². The molecule has 1 saturated carbocycles. The Labute approximate surface area is 174 Å². The number of likely N-dealkylation sites (tertiary alicyclic amines) is 1. The van der Waals surface area contributed by atoms with Crippen molar-refractivity contribution in [2.24, 2.45) is 0 Å². The Bertz CT molecular complexity index is 616. The fourth-order valence-corrected chi connectivity index (χ4v) is 4.17. The van der Waals surface area contributed by atoms with Gasteiger partial charge in [-0.25, -0.2) is 0 Å². The average molecular weight is 405 g/mol. The van der Waals surface area contributed by atoms with Gasteiger partial charge in [-0.05, 0) is 44.0 Å². The van der Waals surface area contributed by atoms with E-state index in [0.717, 1.165) is 38.1 Å². The minimum Gasteiger partial charge on any atom is -0.492 e. The molecule has 29 heavy (non-hydrogen) atoms. The van der Waals surface area contributed by atoms with E-state index in [2.05, 4.69) is 17.0 Å². The number of rotatable bonds is 11. The maximum absolute atomic E-state index is 11.6. The van der Waals surface area contributed by atoms with E-state index >= 15 is 0 Å². The number of hydrogen-bond acceptors (Lipinski definition) is 5. The highest BCUT2D eigenvalue weighted by Gasteiger charge is 2.19. The average Bonchev–Trinajstić information content (AvgIpc) is 3.13. The summed E-state index contributed by atoms with van der Waals surface area (Å²) in [6.45, 7) is 3.81. The van der Waals surface area contributed by atoms with E-state index in [9.17, 15) is 9.90 Å². The van der Waals surface area contributed by atoms with Crippen molar-refractivity contribution in [3.8, 4) is 5.75 Å². The molecule has 0 spiro atoms. The number of amides is 1. The molecule has 1 aromatic carbocycles. The summed E-state index contributed by atoms with van der Waals surface area (Å²) in [5.74, 6) is 1.06. The summed E-state index contributed by atoms with van der Waals surface area (Å²) in [4.78, 5) is 15.6. The number of nitrogens with zero attached hydrogens (tertiary/aromatic N) is 2. The summed E-state index contributed by atoms with van der Waals surface area (Å²) in [5.41, 5.74) is 1.18. The molecule has 1 aliphatic heterocycles. The topological polar surface area (TPSA) is 62.2 Å². The molecule has 0 radical (unpaired) electrons. The number of carbonyl (C=O) groups is 1. The van der Waals surface area contributed by atoms with Crippen LogP contribution in [0.5, 0.6) is 5.75 Å². The molecular weight excluding hydrogens is 368 g/mol. The number of benzene rings is 1. The van der Waals surface area contributed by atoms with Gasteiger partial charge in [-0.15, -0.1) is 0 Å². The maximum Gasteiger partial charge on any atom is 0.222 e. The highest BCUT2D eigenvalue weighted by atomic mass is 16.5. The Kier molecular flexibility index (Phi) is 8.77. The van der Waals surface area contributed by atoms with Crippen LogP contribution in [0.3, 0.4) is 0 Å². The Hall–Kier alpha value is -1.63. The van der Waals surface area contributed by atoms with Crippen LogP contribution >= 0.6 is 0 Å². The number of aliphatic hydroxyl groups excluding tert-OH is 1. The lowest BCUT2D eigenvalue weighted by Crippen LogP contribution is -2.33. The predicted octanol–water partition coefficient (Wildman–Crippen LogP) is 2.83. The van der Waals surface area contributed by atoms with Gasteiger partial charge in [0, 0.05) is 26.1 Å². The SMILES string of the molecule is CN(Cc1ccc(OCCN2CCCC2=O)cc1)C[C@@H](O)COC1CCCCC1. The van der Waals surface area contributed by atoms with Crippen molar-refractivity contribution in [3.05, 3.63) is 29.8 Å². The van der Waals surface area contributed by atoms with Gasteiger partial charge in [0.15, 0.2) is 0 Å². The number of carbonyl (C=O) groups excluding carboxylic acids is 1.